The summed E-state index contributed by atoms with van der Waals surface area (Å²) in [5.41, 5.74) is 5.92. The molecule has 8 heavy (non-hydrogen) atoms. The Morgan fingerprint density at radius 2 is 2.25 bits per heavy atom. The molecular weight excluding hydrogens is 98.1 g/mol. The van der Waals surface area contributed by atoms with Crippen LogP contribution in [0.1, 0.15) is 26.2 Å². The third kappa shape index (κ3) is 1.34. The average Bonchev–Trinajstić information content (AvgIpc) is 1.65. The molecule has 0 unspecified atom stereocenters. The van der Waals surface area contributed by atoms with Crippen LogP contribution >= 0.6 is 0 Å². The van der Waals surface area contributed by atoms with Crippen LogP contribution in [0.5, 0.6) is 0 Å². The fourth-order valence-corrected chi connectivity index (χ4v) is 0.986. The molecule has 0 aromatic rings. The van der Waals surface area contributed by atoms with Crippen LogP contribution in [0, 0.1) is 0 Å². The number of rotatable bonds is 0. The Hall–Kier alpha value is -0.300. The number of hydrogen-bond acceptors (Lipinski definition) is 1. The molecule has 0 amide bonds. The van der Waals surface area contributed by atoms with E-state index in [9.17, 15) is 0 Å². The van der Waals surface area contributed by atoms with Gasteiger partial charge < -0.3 is 5.73 Å². The van der Waals surface area contributed by atoms with Crippen LogP contribution in [-0.2, 0) is 0 Å². The van der Waals surface area contributed by atoms with E-state index in [-0.39, 0.29) is 5.54 Å². The van der Waals surface area contributed by atoms with Crippen LogP contribution < -0.4 is 5.73 Å². The molecule has 0 fully saturated rings. The molecule has 1 nitrogen and oxygen atoms in total. The molecule has 46 valence electrons. The zero-order valence-corrected chi connectivity index (χ0v) is 5.35. The second-order valence-electron chi connectivity index (χ2n) is 2.87. The molecule has 2 N–H and O–H groups in total. The molecule has 0 radical (unpaired) electrons. The first-order valence-corrected chi connectivity index (χ1v) is 3.15. The average molecular weight is 111 g/mol. The first-order valence-electron chi connectivity index (χ1n) is 3.15. The number of allylic oxidation sites excluding steroid dienone is 1. The van der Waals surface area contributed by atoms with Crippen LogP contribution in [0.2, 0.25) is 0 Å². The van der Waals surface area contributed by atoms with E-state index in [0.29, 0.717) is 0 Å². The lowest BCUT2D eigenvalue weighted by Crippen LogP contribution is -2.36. The second kappa shape index (κ2) is 1.90. The predicted octanol–water partition coefficient (Wildman–Crippen LogP) is 1.44. The largest absolute Gasteiger partial charge is 0.325 e. The van der Waals surface area contributed by atoms with Gasteiger partial charge in [0.05, 0.1) is 0 Å². The van der Waals surface area contributed by atoms with Gasteiger partial charge >= 0.3 is 0 Å². The third-order valence-corrected chi connectivity index (χ3v) is 1.63. The van der Waals surface area contributed by atoms with Crippen LogP contribution in [0.25, 0.3) is 0 Å². The first-order chi connectivity index (χ1) is 3.71. The van der Waals surface area contributed by atoms with Gasteiger partial charge in [0, 0.05) is 5.54 Å². The summed E-state index contributed by atoms with van der Waals surface area (Å²) in [5, 5.41) is 0. The molecule has 0 bridgehead atoms. The summed E-state index contributed by atoms with van der Waals surface area (Å²) < 4.78 is 0. The molecule has 0 aliphatic heterocycles. The summed E-state index contributed by atoms with van der Waals surface area (Å²) in [6.45, 7) is 2.11. The fraction of sp³-hybridized carbons (Fsp3) is 0.714. The highest BCUT2D eigenvalue weighted by Crippen LogP contribution is 2.18. The lowest BCUT2D eigenvalue weighted by molar-refractivity contribution is 0.427. The number of nitrogens with two attached hydrogens (primary N) is 1. The van der Waals surface area contributed by atoms with Gasteiger partial charge in [-0.1, -0.05) is 12.2 Å². The van der Waals surface area contributed by atoms with E-state index in [1.165, 1.54) is 0 Å². The smallest absolute Gasteiger partial charge is 0.0163 e. The van der Waals surface area contributed by atoms with Gasteiger partial charge in [-0.2, -0.15) is 0 Å². The molecule has 0 spiro atoms. The van der Waals surface area contributed by atoms with E-state index >= 15 is 0 Å². The van der Waals surface area contributed by atoms with E-state index in [1.54, 1.807) is 0 Å². The van der Waals surface area contributed by atoms with E-state index in [0.717, 1.165) is 19.3 Å². The molecule has 0 aromatic carbocycles. The summed E-state index contributed by atoms with van der Waals surface area (Å²) >= 11 is 0. The maximum absolute atomic E-state index is 5.83. The highest BCUT2D eigenvalue weighted by atomic mass is 14.7. The van der Waals surface area contributed by atoms with Crippen molar-refractivity contribution in [1.82, 2.24) is 0 Å². The highest BCUT2D eigenvalue weighted by Gasteiger charge is 2.17. The van der Waals surface area contributed by atoms with Gasteiger partial charge in [0.25, 0.3) is 0 Å². The van der Waals surface area contributed by atoms with Gasteiger partial charge in [-0.05, 0) is 26.2 Å². The minimum atomic E-state index is 0.0920. The van der Waals surface area contributed by atoms with Crippen LogP contribution in [0.4, 0.5) is 0 Å². The van der Waals surface area contributed by atoms with E-state index in [2.05, 4.69) is 19.1 Å². The van der Waals surface area contributed by atoms with Crippen molar-refractivity contribution in [2.24, 2.45) is 5.73 Å². The fourth-order valence-electron chi connectivity index (χ4n) is 0.986. The first kappa shape index (κ1) is 5.83. The number of hydrogen-bond donors (Lipinski definition) is 1. The Morgan fingerprint density at radius 1 is 1.50 bits per heavy atom. The van der Waals surface area contributed by atoms with Crippen molar-refractivity contribution in [2.45, 2.75) is 31.7 Å². The molecule has 1 heteroatoms. The molecular formula is C7H13N. The Balaban J connectivity index is 2.50. The summed E-state index contributed by atoms with van der Waals surface area (Å²) in [7, 11) is 0. The third-order valence-electron chi connectivity index (χ3n) is 1.63. The second-order valence-corrected chi connectivity index (χ2v) is 2.87. The minimum absolute atomic E-state index is 0.0920. The Labute approximate surface area is 50.6 Å². The quantitative estimate of drug-likeness (QED) is 0.470. The van der Waals surface area contributed by atoms with Crippen molar-refractivity contribution in [3.8, 4) is 0 Å². The predicted molar refractivity (Wildman–Crippen MR) is 35.6 cm³/mol. The van der Waals surface area contributed by atoms with Crippen molar-refractivity contribution >= 4 is 0 Å². The molecule has 0 heterocycles. The lowest BCUT2D eigenvalue weighted by Gasteiger charge is -2.24. The van der Waals surface area contributed by atoms with Gasteiger partial charge in [-0.15, -0.1) is 0 Å². The molecule has 1 aliphatic carbocycles. The van der Waals surface area contributed by atoms with Gasteiger partial charge in [0.1, 0.15) is 0 Å². The minimum Gasteiger partial charge on any atom is -0.325 e. The molecule has 1 rings (SSSR count). The van der Waals surface area contributed by atoms with E-state index in [1.807, 2.05) is 0 Å². The van der Waals surface area contributed by atoms with Crippen LogP contribution in [-0.4, -0.2) is 5.54 Å². The summed E-state index contributed by atoms with van der Waals surface area (Å²) in [4.78, 5) is 0. The maximum Gasteiger partial charge on any atom is 0.0163 e. The highest BCUT2D eigenvalue weighted by molar-refractivity contribution is 4.98. The van der Waals surface area contributed by atoms with Crippen molar-refractivity contribution < 1.29 is 0 Å². The summed E-state index contributed by atoms with van der Waals surface area (Å²) in [5.74, 6) is 0. The molecule has 0 aromatic heterocycles. The SMILES string of the molecule is C[C@@]1(N)CC=CCC1. The molecule has 1 atom stereocenters. The van der Waals surface area contributed by atoms with Gasteiger partial charge in [0.15, 0.2) is 0 Å². The maximum atomic E-state index is 5.83. The molecule has 1 aliphatic rings. The van der Waals surface area contributed by atoms with Gasteiger partial charge in [-0.3, -0.25) is 0 Å². The Bertz CT molecular complexity index is 103. The van der Waals surface area contributed by atoms with Crippen LogP contribution in [0.3, 0.4) is 0 Å². The molecule has 0 saturated heterocycles. The zero-order chi connectivity index (χ0) is 6.04. The van der Waals surface area contributed by atoms with Crippen molar-refractivity contribution in [2.75, 3.05) is 0 Å². The summed E-state index contributed by atoms with van der Waals surface area (Å²) in [6, 6.07) is 0. The Kier molecular flexibility index (Phi) is 1.39. The zero-order valence-electron chi connectivity index (χ0n) is 5.35. The van der Waals surface area contributed by atoms with Gasteiger partial charge in [0.2, 0.25) is 0 Å². The van der Waals surface area contributed by atoms with E-state index < -0.39 is 0 Å². The monoisotopic (exact) mass is 111 g/mol. The van der Waals surface area contributed by atoms with Crippen molar-refractivity contribution in [1.29, 1.82) is 0 Å². The topological polar surface area (TPSA) is 26.0 Å². The molecule has 0 saturated carbocycles. The van der Waals surface area contributed by atoms with Gasteiger partial charge in [-0.25, -0.2) is 0 Å². The Morgan fingerprint density at radius 3 is 2.50 bits per heavy atom. The standard InChI is InChI=1S/C7H13N/c1-7(8)5-3-2-4-6-7/h2-3H,4-6,8H2,1H3/t7-/m1/s1. The van der Waals surface area contributed by atoms with Crippen LogP contribution in [0.15, 0.2) is 12.2 Å². The normalized spacial score (nSPS) is 37.8. The van der Waals surface area contributed by atoms with E-state index in [4.69, 9.17) is 5.73 Å². The van der Waals surface area contributed by atoms with Crippen molar-refractivity contribution in [3.05, 3.63) is 12.2 Å². The lowest BCUT2D eigenvalue weighted by atomic mass is 9.89. The van der Waals surface area contributed by atoms with Crippen molar-refractivity contribution in [3.63, 3.8) is 0 Å². The summed E-state index contributed by atoms with van der Waals surface area (Å²) in [6.07, 6.45) is 7.72.